The van der Waals surface area contributed by atoms with Gasteiger partial charge in [0, 0.05) is 19.3 Å². The molecule has 418 valence electrons. The van der Waals surface area contributed by atoms with Crippen molar-refractivity contribution in [1.82, 2.24) is 0 Å². The maximum atomic E-state index is 12.8. The zero-order valence-electron chi connectivity index (χ0n) is 47.7. The molecule has 0 aromatic rings. The predicted molar refractivity (Wildman–Crippen MR) is 325 cm³/mol. The molecule has 0 N–H and O–H groups in total. The van der Waals surface area contributed by atoms with Gasteiger partial charge in [-0.2, -0.15) is 0 Å². The van der Waals surface area contributed by atoms with E-state index in [1.807, 2.05) is 0 Å². The fraction of sp³-hybridized carbons (Fsp3) is 0.551. The van der Waals surface area contributed by atoms with E-state index in [9.17, 15) is 14.4 Å². The van der Waals surface area contributed by atoms with Crippen LogP contribution in [0.1, 0.15) is 226 Å². The minimum absolute atomic E-state index is 0.121. The van der Waals surface area contributed by atoms with Crippen molar-refractivity contribution in [1.29, 1.82) is 0 Å². The van der Waals surface area contributed by atoms with E-state index in [1.165, 1.54) is 25.7 Å². The number of unbranched alkanes of at least 4 members (excludes halogenated alkanes) is 12. The van der Waals surface area contributed by atoms with E-state index >= 15 is 0 Å². The molecule has 0 heterocycles. The summed E-state index contributed by atoms with van der Waals surface area (Å²) in [5.41, 5.74) is 0. The molecule has 1 atom stereocenters. The number of allylic oxidation sites excluding steroid dienone is 28. The molecule has 0 radical (unpaired) electrons. The molecule has 0 aromatic carbocycles. The second-order valence-corrected chi connectivity index (χ2v) is 18.8. The maximum absolute atomic E-state index is 12.8. The van der Waals surface area contributed by atoms with Crippen LogP contribution in [0.5, 0.6) is 0 Å². The Morgan fingerprint density at radius 1 is 0.280 bits per heavy atom. The van der Waals surface area contributed by atoms with Gasteiger partial charge in [0.15, 0.2) is 6.10 Å². The van der Waals surface area contributed by atoms with E-state index in [-0.39, 0.29) is 37.5 Å². The number of esters is 3. The Morgan fingerprint density at radius 2 is 0.533 bits per heavy atom. The topological polar surface area (TPSA) is 78.9 Å². The fourth-order valence-electron chi connectivity index (χ4n) is 7.30. The van der Waals surface area contributed by atoms with Crippen molar-refractivity contribution in [2.75, 3.05) is 13.2 Å². The molecular weight excluding hydrogens is 925 g/mol. The van der Waals surface area contributed by atoms with Crippen LogP contribution in [0.15, 0.2) is 170 Å². The first kappa shape index (κ1) is 69.8. The van der Waals surface area contributed by atoms with Crippen LogP contribution in [0.25, 0.3) is 0 Å². The Kier molecular flexibility index (Phi) is 57.0. The van der Waals surface area contributed by atoms with Crippen LogP contribution >= 0.6 is 0 Å². The zero-order valence-corrected chi connectivity index (χ0v) is 47.7. The molecule has 6 nitrogen and oxygen atoms in total. The molecule has 0 fully saturated rings. The number of carbonyl (C=O) groups is 3. The summed E-state index contributed by atoms with van der Waals surface area (Å²) in [6, 6.07) is 0. The Balaban J connectivity index is 4.45. The monoisotopic (exact) mass is 1030 g/mol. The SMILES string of the molecule is CC/C=C\C/C=C\C/C=C\C/C=C\C/C=C\C/C=C\C/C=C\C/C=C\CCCCCCC(=O)OCC(COC(=O)CCCCCCC/C=C\CCCC)OC(=O)CCC/C=C\C/C=C\C/C=C\C/C=C\C/C=C\CC. The van der Waals surface area contributed by atoms with Crippen LogP contribution in [-0.2, 0) is 28.6 Å². The first-order chi connectivity index (χ1) is 37.0. The van der Waals surface area contributed by atoms with Crippen molar-refractivity contribution in [2.45, 2.75) is 232 Å². The fourth-order valence-corrected chi connectivity index (χ4v) is 7.30. The maximum Gasteiger partial charge on any atom is 0.306 e. The first-order valence-electron chi connectivity index (χ1n) is 29.6. The third-order valence-corrected chi connectivity index (χ3v) is 11.7. The molecule has 0 aliphatic rings. The summed E-state index contributed by atoms with van der Waals surface area (Å²) in [5, 5.41) is 0. The molecule has 0 spiro atoms. The Morgan fingerprint density at radius 3 is 0.867 bits per heavy atom. The van der Waals surface area contributed by atoms with Crippen LogP contribution in [-0.4, -0.2) is 37.2 Å². The molecule has 75 heavy (non-hydrogen) atoms. The molecule has 1 unspecified atom stereocenters. The van der Waals surface area contributed by atoms with Gasteiger partial charge in [0.1, 0.15) is 13.2 Å². The normalized spacial score (nSPS) is 13.4. The highest BCUT2D eigenvalue weighted by Gasteiger charge is 2.19. The van der Waals surface area contributed by atoms with Crippen LogP contribution in [0, 0.1) is 0 Å². The van der Waals surface area contributed by atoms with Gasteiger partial charge in [0.05, 0.1) is 0 Å². The second kappa shape index (κ2) is 61.3. The lowest BCUT2D eigenvalue weighted by Crippen LogP contribution is -2.30. The summed E-state index contributed by atoms with van der Waals surface area (Å²) in [7, 11) is 0. The predicted octanol–water partition coefficient (Wildman–Crippen LogP) is 20.3. The summed E-state index contributed by atoms with van der Waals surface area (Å²) < 4.78 is 16.8. The number of ether oxygens (including phenoxy) is 3. The highest BCUT2D eigenvalue weighted by molar-refractivity contribution is 5.71. The van der Waals surface area contributed by atoms with Gasteiger partial charge in [-0.15, -0.1) is 0 Å². The summed E-state index contributed by atoms with van der Waals surface area (Å²) >= 11 is 0. The number of rotatable bonds is 51. The lowest BCUT2D eigenvalue weighted by Gasteiger charge is -2.18. The average Bonchev–Trinajstić information content (AvgIpc) is 3.41. The van der Waals surface area contributed by atoms with E-state index in [1.54, 1.807) is 0 Å². The minimum Gasteiger partial charge on any atom is -0.462 e. The lowest BCUT2D eigenvalue weighted by atomic mass is 10.1. The molecule has 6 heteroatoms. The Hall–Kier alpha value is -5.23. The molecular formula is C69H106O6. The van der Waals surface area contributed by atoms with Gasteiger partial charge >= 0.3 is 17.9 Å². The number of hydrogen-bond donors (Lipinski definition) is 0. The third-order valence-electron chi connectivity index (χ3n) is 11.7. The highest BCUT2D eigenvalue weighted by Crippen LogP contribution is 2.12. The molecule has 0 saturated heterocycles. The lowest BCUT2D eigenvalue weighted by molar-refractivity contribution is -0.167. The standard InChI is InChI=1S/C69H106O6/c1-4-7-10-13-16-19-22-24-26-28-29-30-31-32-33-34-35-36-37-38-39-41-42-44-47-50-53-56-59-62-68(71)74-65-66(64-73-67(70)61-58-55-52-49-46-21-18-15-12-9-6-3)75-69(72)63-60-57-54-51-48-45-43-40-27-25-23-20-17-14-11-8-5-2/h7-8,10-11,15-20,24-27,29-30,32-33,35-36,38-39,42-45,51,54,66H,4-6,9,12-14,21-23,28,31,34,37,40-41,46-50,52-53,55-65H2,1-3H3/b10-7-,11-8-,18-15-,19-16-,20-17-,26-24-,27-25-,30-29-,33-32-,36-35-,39-38-,44-42-,45-43-,54-51-. The minimum atomic E-state index is -0.831. The summed E-state index contributed by atoms with van der Waals surface area (Å²) in [6.45, 7) is 6.27. The van der Waals surface area contributed by atoms with Gasteiger partial charge < -0.3 is 14.2 Å². The van der Waals surface area contributed by atoms with Crippen LogP contribution in [0.3, 0.4) is 0 Å². The Bertz CT molecular complexity index is 1750. The molecule has 0 rings (SSSR count). The van der Waals surface area contributed by atoms with Crippen LogP contribution in [0.2, 0.25) is 0 Å². The smallest absolute Gasteiger partial charge is 0.306 e. The largest absolute Gasteiger partial charge is 0.462 e. The molecule has 0 aliphatic carbocycles. The van der Waals surface area contributed by atoms with Gasteiger partial charge in [0.2, 0.25) is 0 Å². The summed E-state index contributed by atoms with van der Waals surface area (Å²) in [4.78, 5) is 38.1. The van der Waals surface area contributed by atoms with Crippen molar-refractivity contribution in [3.05, 3.63) is 170 Å². The van der Waals surface area contributed by atoms with Crippen molar-refractivity contribution in [3.63, 3.8) is 0 Å². The van der Waals surface area contributed by atoms with Gasteiger partial charge in [0.25, 0.3) is 0 Å². The van der Waals surface area contributed by atoms with E-state index in [4.69, 9.17) is 14.2 Å². The highest BCUT2D eigenvalue weighted by atomic mass is 16.6. The molecule has 0 amide bonds. The summed E-state index contributed by atoms with van der Waals surface area (Å²) in [6.07, 6.45) is 90.7. The first-order valence-corrected chi connectivity index (χ1v) is 29.6. The summed E-state index contributed by atoms with van der Waals surface area (Å²) in [5.74, 6) is -1.03. The Labute approximate surface area is 460 Å². The van der Waals surface area contributed by atoms with E-state index in [2.05, 4.69) is 191 Å². The quantitative estimate of drug-likeness (QED) is 0.0261. The van der Waals surface area contributed by atoms with Crippen LogP contribution < -0.4 is 0 Å². The number of hydrogen-bond acceptors (Lipinski definition) is 6. The van der Waals surface area contributed by atoms with Gasteiger partial charge in [-0.3, -0.25) is 14.4 Å². The van der Waals surface area contributed by atoms with Gasteiger partial charge in [-0.25, -0.2) is 0 Å². The zero-order chi connectivity index (χ0) is 54.3. The third kappa shape index (κ3) is 59.5. The molecule has 0 aromatic heterocycles. The van der Waals surface area contributed by atoms with Crippen molar-refractivity contribution >= 4 is 17.9 Å². The van der Waals surface area contributed by atoms with Crippen LogP contribution in [0.4, 0.5) is 0 Å². The number of carbonyl (C=O) groups excluding carboxylic acids is 3. The average molecular weight is 1030 g/mol. The molecule has 0 aliphatic heterocycles. The van der Waals surface area contributed by atoms with Crippen molar-refractivity contribution in [2.24, 2.45) is 0 Å². The van der Waals surface area contributed by atoms with Gasteiger partial charge in [-0.1, -0.05) is 236 Å². The molecule has 0 saturated carbocycles. The van der Waals surface area contributed by atoms with E-state index < -0.39 is 6.10 Å². The van der Waals surface area contributed by atoms with E-state index in [0.29, 0.717) is 19.3 Å². The van der Waals surface area contributed by atoms with Crippen molar-refractivity contribution < 1.29 is 28.6 Å². The van der Waals surface area contributed by atoms with E-state index in [0.717, 1.165) is 154 Å². The van der Waals surface area contributed by atoms with Crippen molar-refractivity contribution in [3.8, 4) is 0 Å². The molecule has 0 bridgehead atoms. The van der Waals surface area contributed by atoms with Gasteiger partial charge in [-0.05, 0) is 141 Å². The second-order valence-electron chi connectivity index (χ2n) is 18.8.